The van der Waals surface area contributed by atoms with Crippen LogP contribution in [0.15, 0.2) is 48.7 Å². The molecule has 2 aromatic heterocycles. The normalized spacial score (nSPS) is 20.6. The molecule has 2 amide bonds. The van der Waals surface area contributed by atoms with Crippen LogP contribution in [0.25, 0.3) is 33.6 Å². The number of nitrogens with one attached hydrogen (secondary N) is 3. The van der Waals surface area contributed by atoms with E-state index in [0.717, 1.165) is 72.4 Å². The van der Waals surface area contributed by atoms with E-state index in [1.54, 1.807) is 20.4 Å². The summed E-state index contributed by atoms with van der Waals surface area (Å²) in [6.45, 7) is 2.85. The summed E-state index contributed by atoms with van der Waals surface area (Å²) < 4.78 is 11.5. The highest BCUT2D eigenvalue weighted by molar-refractivity contribution is 6.39. The third-order valence-electron chi connectivity index (χ3n) is 10.6. The highest BCUT2D eigenvalue weighted by Gasteiger charge is 2.47. The summed E-state index contributed by atoms with van der Waals surface area (Å²) in [4.78, 5) is 40.1. The average Bonchev–Trinajstić information content (AvgIpc) is 3.85. The van der Waals surface area contributed by atoms with Gasteiger partial charge < -0.3 is 25.4 Å². The van der Waals surface area contributed by atoms with E-state index in [4.69, 9.17) is 47.6 Å². The Balaban J connectivity index is 1.04. The van der Waals surface area contributed by atoms with Crippen LogP contribution in [0, 0.1) is 0 Å². The second-order valence-corrected chi connectivity index (χ2v) is 14.7. The maximum Gasteiger partial charge on any atom is 0.237 e. The highest BCUT2D eigenvalue weighted by Crippen LogP contribution is 2.44. The molecule has 2 aromatic carbocycles. The van der Waals surface area contributed by atoms with Crippen LogP contribution in [-0.4, -0.2) is 77.1 Å². The van der Waals surface area contributed by atoms with Crippen LogP contribution in [0.3, 0.4) is 0 Å². The monoisotopic (exact) mass is 727 g/mol. The minimum absolute atomic E-state index is 0.0946. The van der Waals surface area contributed by atoms with Crippen LogP contribution in [0.4, 0.5) is 0 Å². The van der Waals surface area contributed by atoms with Crippen molar-refractivity contribution in [1.82, 2.24) is 35.8 Å². The summed E-state index contributed by atoms with van der Waals surface area (Å²) in [6, 6.07) is 14.0. The topological polar surface area (TPSA) is 131 Å². The van der Waals surface area contributed by atoms with Crippen LogP contribution in [0.2, 0.25) is 10.0 Å². The predicted molar refractivity (Wildman–Crippen MR) is 195 cm³/mol. The number of aromatic nitrogens is 3. The van der Waals surface area contributed by atoms with Gasteiger partial charge in [-0.15, -0.1) is 0 Å². The molecule has 3 saturated heterocycles. The number of likely N-dealkylation sites (tertiary alicyclic amines) is 1. The Bertz CT molecular complexity index is 2040. The fourth-order valence-electron chi connectivity index (χ4n) is 8.04. The molecule has 11 nitrogen and oxygen atoms in total. The number of nitrogens with zero attached hydrogens (tertiary/aromatic N) is 4. The van der Waals surface area contributed by atoms with Gasteiger partial charge in [-0.25, -0.2) is 9.97 Å². The number of methoxy groups -OCH3 is 2. The zero-order chi connectivity index (χ0) is 35.3. The lowest BCUT2D eigenvalue weighted by Crippen LogP contribution is -2.66. The number of halogens is 2. The van der Waals surface area contributed by atoms with Crippen molar-refractivity contribution in [3.63, 3.8) is 0 Å². The van der Waals surface area contributed by atoms with Gasteiger partial charge in [-0.2, -0.15) is 0 Å². The number of benzene rings is 2. The maximum absolute atomic E-state index is 11.8. The molecule has 1 spiro atoms. The highest BCUT2D eigenvalue weighted by atomic mass is 35.5. The van der Waals surface area contributed by atoms with Gasteiger partial charge in [-0.3, -0.25) is 19.5 Å². The molecule has 3 fully saturated rings. The fourth-order valence-corrected chi connectivity index (χ4v) is 8.69. The van der Waals surface area contributed by atoms with Crippen molar-refractivity contribution in [2.24, 2.45) is 0 Å². The smallest absolute Gasteiger partial charge is 0.237 e. The van der Waals surface area contributed by atoms with Gasteiger partial charge in [0.25, 0.3) is 0 Å². The number of hydrogen-bond acceptors (Lipinski definition) is 9. The van der Waals surface area contributed by atoms with Gasteiger partial charge >= 0.3 is 0 Å². The van der Waals surface area contributed by atoms with E-state index < -0.39 is 0 Å². The first kappa shape index (κ1) is 33.8. The minimum Gasteiger partial charge on any atom is -0.481 e. The van der Waals surface area contributed by atoms with E-state index >= 15 is 0 Å². The van der Waals surface area contributed by atoms with Crippen molar-refractivity contribution in [2.45, 2.75) is 62.7 Å². The van der Waals surface area contributed by atoms with Crippen molar-refractivity contribution in [3.8, 4) is 45.4 Å². The van der Waals surface area contributed by atoms with Crippen molar-refractivity contribution < 1.29 is 19.1 Å². The Morgan fingerprint density at radius 1 is 0.882 bits per heavy atom. The van der Waals surface area contributed by atoms with E-state index in [-0.39, 0.29) is 29.4 Å². The van der Waals surface area contributed by atoms with E-state index in [2.05, 4.69) is 26.9 Å². The summed E-state index contributed by atoms with van der Waals surface area (Å²) in [7, 11) is 3.23. The number of fused-ring (bicyclic) bond motifs is 1. The second kappa shape index (κ2) is 13.7. The number of ether oxygens (including phenoxy) is 2. The lowest BCUT2D eigenvalue weighted by Gasteiger charge is -2.47. The van der Waals surface area contributed by atoms with Gasteiger partial charge in [0.2, 0.25) is 23.6 Å². The molecular weight excluding hydrogens is 689 g/mol. The van der Waals surface area contributed by atoms with Crippen molar-refractivity contribution >= 4 is 35.0 Å². The third-order valence-corrected chi connectivity index (χ3v) is 11.4. The molecule has 0 saturated carbocycles. The zero-order valence-electron chi connectivity index (χ0n) is 28.5. The quantitative estimate of drug-likeness (QED) is 0.193. The number of carbonyl (C=O) groups excluding carboxylic acids is 2. The van der Waals surface area contributed by atoms with Crippen molar-refractivity contribution in [1.29, 1.82) is 0 Å². The molecule has 4 aromatic rings. The van der Waals surface area contributed by atoms with E-state index in [1.807, 2.05) is 36.4 Å². The first-order valence-corrected chi connectivity index (χ1v) is 18.1. The van der Waals surface area contributed by atoms with Gasteiger partial charge in [-0.1, -0.05) is 59.6 Å². The summed E-state index contributed by atoms with van der Waals surface area (Å²) in [5, 5.41) is 10.8. The molecule has 1 aliphatic carbocycles. The van der Waals surface area contributed by atoms with Crippen LogP contribution < -0.4 is 25.4 Å². The van der Waals surface area contributed by atoms with Crippen LogP contribution in [0.5, 0.6) is 11.8 Å². The van der Waals surface area contributed by atoms with Gasteiger partial charge in [0.1, 0.15) is 5.69 Å². The molecule has 51 heavy (non-hydrogen) atoms. The fraction of sp³-hybridized carbons (Fsp3) is 0.395. The van der Waals surface area contributed by atoms with Crippen molar-refractivity contribution in [2.75, 3.05) is 33.9 Å². The van der Waals surface area contributed by atoms with Crippen LogP contribution in [-0.2, 0) is 22.6 Å². The zero-order valence-corrected chi connectivity index (χ0v) is 30.0. The van der Waals surface area contributed by atoms with Crippen molar-refractivity contribution in [3.05, 3.63) is 75.5 Å². The maximum atomic E-state index is 11.8. The average molecular weight is 729 g/mol. The number of pyridine rings is 1. The lowest BCUT2D eigenvalue weighted by molar-refractivity contribution is -0.121. The molecule has 3 N–H and O–H groups in total. The number of aryl methyl sites for hydroxylation is 1. The molecule has 3 aliphatic heterocycles. The Morgan fingerprint density at radius 2 is 1.57 bits per heavy atom. The second-order valence-electron chi connectivity index (χ2n) is 13.9. The largest absolute Gasteiger partial charge is 0.481 e. The van der Waals surface area contributed by atoms with Gasteiger partial charge in [0, 0.05) is 78.9 Å². The molecule has 2 atom stereocenters. The van der Waals surface area contributed by atoms with Crippen LogP contribution in [0.1, 0.15) is 55.0 Å². The summed E-state index contributed by atoms with van der Waals surface area (Å²) in [5.41, 5.74) is 7.16. The van der Waals surface area contributed by atoms with E-state index in [1.165, 1.54) is 5.56 Å². The minimum atomic E-state index is -0.107. The summed E-state index contributed by atoms with van der Waals surface area (Å²) in [6.07, 6.45) is 6.40. The molecule has 0 radical (unpaired) electrons. The Hall–Kier alpha value is -4.29. The molecular formula is C38H39Cl2N7O4. The molecule has 264 valence electrons. The molecule has 0 bridgehead atoms. The molecule has 4 aliphatic rings. The summed E-state index contributed by atoms with van der Waals surface area (Å²) >= 11 is 14.3. The van der Waals surface area contributed by atoms with Gasteiger partial charge in [-0.05, 0) is 37.3 Å². The Labute approximate surface area is 306 Å². The standard InChI is InChI=1S/C38H39Cl2N7O4/c1-50-36-30(18-47-19-38(20-47)14-13-32(49)46-38)42-17-29(45-36)26-8-4-6-24(35(26)40)23-5-3-7-25(34(23)39)28-15-21-9-11-27(33(21)37(44-28)51-2)41-16-22-10-12-31(48)43-22/h3-8,15,17,22,27,41H,9-14,16,18-20H2,1-2H3,(H,43,48)(H,46,49)/t22-,27?/m1/s1. The van der Waals surface area contributed by atoms with E-state index in [0.29, 0.717) is 59.0 Å². The van der Waals surface area contributed by atoms with E-state index in [9.17, 15) is 9.59 Å². The Kier molecular flexibility index (Phi) is 9.08. The number of hydrogen-bond donors (Lipinski definition) is 3. The molecule has 1 unspecified atom stereocenters. The number of amides is 2. The lowest BCUT2D eigenvalue weighted by atomic mass is 9.88. The van der Waals surface area contributed by atoms with Gasteiger partial charge in [0.15, 0.2) is 0 Å². The predicted octanol–water partition coefficient (Wildman–Crippen LogP) is 5.52. The SMILES string of the molecule is COc1nc(-c2cccc(-c3cccc(-c4cc5c(c(OC)n4)C(NC[C@H]4CCC(=O)N4)CC5)c3Cl)c2Cl)cnc1CN1CC2(CCC(=O)N2)C1. The molecule has 5 heterocycles. The molecule has 13 heteroatoms. The first-order chi connectivity index (χ1) is 24.7. The third kappa shape index (κ3) is 6.41. The van der Waals surface area contributed by atoms with Gasteiger partial charge in [0.05, 0.1) is 47.4 Å². The first-order valence-electron chi connectivity index (χ1n) is 17.4. The molecule has 8 rings (SSSR count). The Morgan fingerprint density at radius 3 is 2.22 bits per heavy atom. The van der Waals surface area contributed by atoms with Crippen LogP contribution >= 0.6 is 23.2 Å². The number of rotatable bonds is 10. The summed E-state index contributed by atoms with van der Waals surface area (Å²) in [5.74, 6) is 1.25. The number of carbonyl (C=O) groups is 2.